The number of morpholine rings is 1. The van der Waals surface area contributed by atoms with Crippen LogP contribution in [0.4, 0.5) is 0 Å². The van der Waals surface area contributed by atoms with Gasteiger partial charge in [-0.25, -0.2) is 8.42 Å². The Bertz CT molecular complexity index is 961. The van der Waals surface area contributed by atoms with Crippen LogP contribution in [0.3, 0.4) is 0 Å². The van der Waals surface area contributed by atoms with Crippen LogP contribution >= 0.6 is 11.6 Å². The minimum absolute atomic E-state index is 0.192. The number of oxime groups is 1. The Hall–Kier alpha value is -2.33. The lowest BCUT2D eigenvalue weighted by Gasteiger charge is -2.26. The molecule has 0 aliphatic carbocycles. The largest absolute Gasteiger partial charge is 0.490 e. The van der Waals surface area contributed by atoms with E-state index in [1.165, 1.54) is 16.4 Å². The van der Waals surface area contributed by atoms with Gasteiger partial charge >= 0.3 is 0 Å². The van der Waals surface area contributed by atoms with Crippen LogP contribution in [0.2, 0.25) is 5.02 Å². The van der Waals surface area contributed by atoms with E-state index in [4.69, 9.17) is 31.6 Å². The molecule has 0 radical (unpaired) electrons. The molecule has 1 fully saturated rings. The zero-order valence-corrected chi connectivity index (χ0v) is 17.9. The minimum atomic E-state index is -3.51. The number of hydrogen-bond acceptors (Lipinski definition) is 6. The van der Waals surface area contributed by atoms with Gasteiger partial charge in [-0.1, -0.05) is 35.0 Å². The molecule has 3 rings (SSSR count). The van der Waals surface area contributed by atoms with Crippen LogP contribution in [-0.4, -0.2) is 58.1 Å². The number of amidine groups is 1. The molecule has 0 saturated carbocycles. The van der Waals surface area contributed by atoms with Crippen molar-refractivity contribution in [2.24, 2.45) is 10.9 Å². The van der Waals surface area contributed by atoms with Gasteiger partial charge in [-0.3, -0.25) is 0 Å². The molecule has 0 amide bonds. The molecular weight excluding hydrogens is 430 g/mol. The highest BCUT2D eigenvalue weighted by atomic mass is 35.5. The average molecular weight is 454 g/mol. The summed E-state index contributed by atoms with van der Waals surface area (Å²) in [6.45, 7) is 1.96. The summed E-state index contributed by atoms with van der Waals surface area (Å²) in [6, 6.07) is 13.7. The molecule has 1 aliphatic rings. The van der Waals surface area contributed by atoms with Crippen molar-refractivity contribution >= 4 is 27.5 Å². The number of sulfonamides is 1. The Kier molecular flexibility index (Phi) is 7.92. The lowest BCUT2D eigenvalue weighted by molar-refractivity contribution is 0.0730. The van der Waals surface area contributed by atoms with Crippen molar-refractivity contribution in [3.05, 3.63) is 59.1 Å². The van der Waals surface area contributed by atoms with Crippen LogP contribution in [0.15, 0.2) is 58.6 Å². The molecule has 0 atom stereocenters. The van der Waals surface area contributed by atoms with E-state index in [1.54, 1.807) is 18.2 Å². The first-order chi connectivity index (χ1) is 14.5. The third-order valence-corrected chi connectivity index (χ3v) is 6.67. The monoisotopic (exact) mass is 453 g/mol. The molecule has 0 unspecified atom stereocenters. The zero-order valence-electron chi connectivity index (χ0n) is 16.4. The molecule has 1 heterocycles. The van der Waals surface area contributed by atoms with Crippen LogP contribution in [0, 0.1) is 0 Å². The van der Waals surface area contributed by atoms with Crippen molar-refractivity contribution in [3.8, 4) is 5.75 Å². The first kappa shape index (κ1) is 22.4. The minimum Gasteiger partial charge on any atom is -0.490 e. The molecule has 162 valence electrons. The van der Waals surface area contributed by atoms with Gasteiger partial charge in [0.1, 0.15) is 18.2 Å². The lowest BCUT2D eigenvalue weighted by atomic mass is 10.1. The highest BCUT2D eigenvalue weighted by Gasteiger charge is 2.26. The van der Waals surface area contributed by atoms with E-state index in [9.17, 15) is 8.42 Å². The number of ether oxygens (including phenoxy) is 2. The molecule has 0 aromatic heterocycles. The van der Waals surface area contributed by atoms with E-state index in [0.29, 0.717) is 49.3 Å². The SMILES string of the molecule is N/C(Cc1ccccc1Cl)=N\OCCOc1ccc(S(=O)(=O)N2CCOCC2)cc1. The summed E-state index contributed by atoms with van der Waals surface area (Å²) in [5.74, 6) is 0.841. The molecule has 0 bridgehead atoms. The number of rotatable bonds is 9. The van der Waals surface area contributed by atoms with Gasteiger partial charge in [0.05, 0.1) is 18.1 Å². The zero-order chi connectivity index (χ0) is 21.4. The average Bonchev–Trinajstić information content (AvgIpc) is 2.76. The molecule has 2 aromatic carbocycles. The Morgan fingerprint density at radius 3 is 2.50 bits per heavy atom. The predicted octanol–water partition coefficient (Wildman–Crippen LogP) is 2.27. The molecule has 2 N–H and O–H groups in total. The maximum absolute atomic E-state index is 12.6. The van der Waals surface area contributed by atoms with Crippen LogP contribution in [0.25, 0.3) is 0 Å². The number of nitrogens with two attached hydrogens (primary N) is 1. The van der Waals surface area contributed by atoms with Gasteiger partial charge in [-0.2, -0.15) is 4.31 Å². The van der Waals surface area contributed by atoms with Gasteiger partial charge in [0, 0.05) is 24.5 Å². The Balaban J connectivity index is 1.43. The summed E-state index contributed by atoms with van der Waals surface area (Å²) in [5, 5.41) is 4.47. The standard InChI is InChI=1S/C20H24ClN3O5S/c21-19-4-2-1-3-16(19)15-20(22)23-29-14-13-28-17-5-7-18(8-6-17)30(25,26)24-9-11-27-12-10-24/h1-8H,9-15H2,(H2,22,23). The van der Waals surface area contributed by atoms with Crippen LogP contribution in [0.1, 0.15) is 5.56 Å². The Morgan fingerprint density at radius 1 is 1.10 bits per heavy atom. The molecule has 1 saturated heterocycles. The van der Waals surface area contributed by atoms with Crippen molar-refractivity contribution in [2.75, 3.05) is 39.5 Å². The van der Waals surface area contributed by atoms with Crippen molar-refractivity contribution in [1.29, 1.82) is 0 Å². The fraction of sp³-hybridized carbons (Fsp3) is 0.350. The number of nitrogens with zero attached hydrogens (tertiary/aromatic N) is 2. The van der Waals surface area contributed by atoms with E-state index in [0.717, 1.165) is 5.56 Å². The fourth-order valence-electron chi connectivity index (χ4n) is 2.84. The first-order valence-electron chi connectivity index (χ1n) is 9.45. The summed E-state index contributed by atoms with van der Waals surface area (Å²) < 4.78 is 37.4. The smallest absolute Gasteiger partial charge is 0.243 e. The molecule has 30 heavy (non-hydrogen) atoms. The van der Waals surface area contributed by atoms with Crippen molar-refractivity contribution in [3.63, 3.8) is 0 Å². The van der Waals surface area contributed by atoms with E-state index in [1.807, 2.05) is 18.2 Å². The van der Waals surface area contributed by atoms with Gasteiger partial charge < -0.3 is 20.0 Å². The number of hydrogen-bond donors (Lipinski definition) is 1. The van der Waals surface area contributed by atoms with E-state index >= 15 is 0 Å². The maximum Gasteiger partial charge on any atom is 0.243 e. The van der Waals surface area contributed by atoms with Gasteiger partial charge in [0.25, 0.3) is 0 Å². The number of halogens is 1. The second kappa shape index (κ2) is 10.6. The summed E-state index contributed by atoms with van der Waals surface area (Å²) >= 11 is 6.09. The highest BCUT2D eigenvalue weighted by Crippen LogP contribution is 2.20. The molecule has 2 aromatic rings. The first-order valence-corrected chi connectivity index (χ1v) is 11.3. The van der Waals surface area contributed by atoms with Crippen molar-refractivity contribution in [1.82, 2.24) is 4.31 Å². The molecule has 1 aliphatic heterocycles. The molecule has 8 nitrogen and oxygen atoms in total. The Morgan fingerprint density at radius 2 is 1.80 bits per heavy atom. The van der Waals surface area contributed by atoms with Crippen LogP contribution < -0.4 is 10.5 Å². The van der Waals surface area contributed by atoms with Crippen LogP contribution in [0.5, 0.6) is 5.75 Å². The second-order valence-electron chi connectivity index (χ2n) is 6.52. The summed E-state index contributed by atoms with van der Waals surface area (Å²) in [7, 11) is -3.51. The normalized spacial score (nSPS) is 15.7. The van der Waals surface area contributed by atoms with Gasteiger partial charge in [0.15, 0.2) is 6.61 Å². The van der Waals surface area contributed by atoms with E-state index in [-0.39, 0.29) is 18.1 Å². The summed E-state index contributed by atoms with van der Waals surface area (Å²) in [6.07, 6.45) is 0.389. The molecule has 10 heteroatoms. The third-order valence-electron chi connectivity index (χ3n) is 4.39. The second-order valence-corrected chi connectivity index (χ2v) is 8.87. The lowest BCUT2D eigenvalue weighted by Crippen LogP contribution is -2.40. The summed E-state index contributed by atoms with van der Waals surface area (Å²) in [4.78, 5) is 5.39. The molecular formula is C20H24ClN3O5S. The van der Waals surface area contributed by atoms with Crippen molar-refractivity contribution in [2.45, 2.75) is 11.3 Å². The van der Waals surface area contributed by atoms with Gasteiger partial charge in [0.2, 0.25) is 10.0 Å². The third kappa shape index (κ3) is 6.09. The molecule has 0 spiro atoms. The van der Waals surface area contributed by atoms with Crippen LogP contribution in [-0.2, 0) is 26.0 Å². The summed E-state index contributed by atoms with van der Waals surface area (Å²) in [5.41, 5.74) is 6.71. The Labute approximate surface area is 181 Å². The van der Waals surface area contributed by atoms with Crippen molar-refractivity contribution < 1.29 is 22.7 Å². The fourth-order valence-corrected chi connectivity index (χ4v) is 4.45. The predicted molar refractivity (Wildman–Crippen MR) is 114 cm³/mol. The topological polar surface area (TPSA) is 103 Å². The number of benzene rings is 2. The van der Waals surface area contributed by atoms with E-state index in [2.05, 4.69) is 5.16 Å². The highest BCUT2D eigenvalue weighted by molar-refractivity contribution is 7.89. The van der Waals surface area contributed by atoms with Gasteiger partial charge in [-0.15, -0.1) is 0 Å². The van der Waals surface area contributed by atoms with E-state index < -0.39 is 10.0 Å². The quantitative estimate of drug-likeness (QED) is 0.270. The van der Waals surface area contributed by atoms with Gasteiger partial charge in [-0.05, 0) is 35.9 Å². The maximum atomic E-state index is 12.6.